The molecule has 156 valence electrons. The maximum Gasteiger partial charge on any atom is 0.253 e. The molecule has 0 spiro atoms. The molecule has 1 aromatic heterocycles. The maximum absolute atomic E-state index is 14.6. The van der Waals surface area contributed by atoms with Gasteiger partial charge in [0.25, 0.3) is 5.91 Å². The summed E-state index contributed by atoms with van der Waals surface area (Å²) >= 11 is 0. The van der Waals surface area contributed by atoms with E-state index in [1.54, 1.807) is 18.3 Å². The van der Waals surface area contributed by atoms with Crippen LogP contribution in [0.3, 0.4) is 0 Å². The smallest absolute Gasteiger partial charge is 0.253 e. The molecule has 1 saturated heterocycles. The molecule has 1 amide bonds. The Kier molecular flexibility index (Phi) is 5.47. The lowest BCUT2D eigenvalue weighted by Gasteiger charge is -2.36. The molecule has 6 heteroatoms. The van der Waals surface area contributed by atoms with E-state index in [1.807, 2.05) is 13.8 Å². The summed E-state index contributed by atoms with van der Waals surface area (Å²) in [5, 5.41) is 13.9. The van der Waals surface area contributed by atoms with Gasteiger partial charge in [-0.05, 0) is 76.5 Å². The Hall–Kier alpha value is -2.21. The highest BCUT2D eigenvalue weighted by Gasteiger charge is 2.31. The van der Waals surface area contributed by atoms with Gasteiger partial charge in [0.2, 0.25) is 0 Å². The number of hydrogen-bond acceptors (Lipinski definition) is 4. The van der Waals surface area contributed by atoms with Crippen LogP contribution in [-0.4, -0.2) is 40.7 Å². The van der Waals surface area contributed by atoms with Crippen LogP contribution in [0.5, 0.6) is 0 Å². The Labute approximate surface area is 171 Å². The molecule has 1 saturated carbocycles. The zero-order valence-corrected chi connectivity index (χ0v) is 17.2. The molecule has 0 atom stereocenters. The summed E-state index contributed by atoms with van der Waals surface area (Å²) in [5.74, 6) is -0.162. The number of benzene rings is 1. The van der Waals surface area contributed by atoms with Crippen LogP contribution in [0.1, 0.15) is 62.7 Å². The Morgan fingerprint density at radius 2 is 1.86 bits per heavy atom. The number of nitrogens with one attached hydrogen (secondary N) is 1. The topological polar surface area (TPSA) is 65.5 Å². The van der Waals surface area contributed by atoms with Gasteiger partial charge in [0.1, 0.15) is 5.82 Å². The van der Waals surface area contributed by atoms with Crippen molar-refractivity contribution in [2.24, 2.45) is 5.92 Å². The van der Waals surface area contributed by atoms with Crippen LogP contribution in [0.25, 0.3) is 10.9 Å². The predicted octanol–water partition coefficient (Wildman–Crippen LogP) is 4.03. The van der Waals surface area contributed by atoms with Crippen molar-refractivity contribution in [1.29, 1.82) is 0 Å². The Bertz CT molecular complexity index is 895. The van der Waals surface area contributed by atoms with E-state index in [9.17, 15) is 14.3 Å². The Morgan fingerprint density at radius 3 is 2.52 bits per heavy atom. The van der Waals surface area contributed by atoms with Crippen molar-refractivity contribution in [3.63, 3.8) is 0 Å². The summed E-state index contributed by atoms with van der Waals surface area (Å²) in [5.41, 5.74) is 1.09. The number of carbonyl (C=O) groups excluding carboxylic acids is 1. The van der Waals surface area contributed by atoms with Gasteiger partial charge in [-0.2, -0.15) is 0 Å². The molecule has 5 nitrogen and oxygen atoms in total. The molecule has 4 rings (SSSR count). The third-order valence-corrected chi connectivity index (χ3v) is 6.52. The van der Waals surface area contributed by atoms with Gasteiger partial charge in [0, 0.05) is 30.7 Å². The van der Waals surface area contributed by atoms with E-state index in [-0.39, 0.29) is 23.7 Å². The first-order valence-corrected chi connectivity index (χ1v) is 10.7. The lowest BCUT2D eigenvalue weighted by Crippen LogP contribution is -2.41. The Morgan fingerprint density at radius 1 is 1.17 bits per heavy atom. The van der Waals surface area contributed by atoms with Crippen molar-refractivity contribution in [3.05, 3.63) is 35.8 Å². The Balaban J connectivity index is 1.45. The molecule has 1 aliphatic heterocycles. The normalized spacial score (nSPS) is 22.8. The molecule has 1 aliphatic carbocycles. The second kappa shape index (κ2) is 7.90. The second-order valence-electron chi connectivity index (χ2n) is 9.09. The fourth-order valence-electron chi connectivity index (χ4n) is 4.67. The number of halogens is 1. The van der Waals surface area contributed by atoms with E-state index in [2.05, 4.69) is 15.2 Å². The van der Waals surface area contributed by atoms with Gasteiger partial charge in [-0.25, -0.2) is 4.39 Å². The summed E-state index contributed by atoms with van der Waals surface area (Å²) in [7, 11) is 0. The summed E-state index contributed by atoms with van der Waals surface area (Å²) in [6, 6.07) is 5.10. The predicted molar refractivity (Wildman–Crippen MR) is 113 cm³/mol. The number of fused-ring (bicyclic) bond motifs is 1. The fourth-order valence-corrected chi connectivity index (χ4v) is 4.67. The molecular formula is C23H30FN3O2. The summed E-state index contributed by atoms with van der Waals surface area (Å²) in [6.45, 7) is 5.45. The lowest BCUT2D eigenvalue weighted by atomic mass is 9.77. The number of anilines is 1. The van der Waals surface area contributed by atoms with Crippen LogP contribution >= 0.6 is 0 Å². The molecular weight excluding hydrogens is 369 g/mol. The van der Waals surface area contributed by atoms with Gasteiger partial charge in [-0.15, -0.1) is 0 Å². The maximum atomic E-state index is 14.6. The van der Waals surface area contributed by atoms with Crippen LogP contribution in [0.4, 0.5) is 10.1 Å². The fraction of sp³-hybridized carbons (Fsp3) is 0.565. The molecule has 0 bridgehead atoms. The van der Waals surface area contributed by atoms with Crippen LogP contribution < -0.4 is 10.2 Å². The minimum atomic E-state index is -0.671. The van der Waals surface area contributed by atoms with E-state index in [4.69, 9.17) is 0 Å². The van der Waals surface area contributed by atoms with Gasteiger partial charge >= 0.3 is 0 Å². The average Bonchev–Trinajstić information content (AvgIpc) is 3.21. The van der Waals surface area contributed by atoms with Crippen molar-refractivity contribution in [3.8, 4) is 0 Å². The van der Waals surface area contributed by atoms with Crippen LogP contribution in [0.2, 0.25) is 0 Å². The number of carbonyl (C=O) groups is 1. The van der Waals surface area contributed by atoms with Gasteiger partial charge in [-0.3, -0.25) is 9.78 Å². The number of aliphatic hydroxyl groups is 1. The highest BCUT2D eigenvalue weighted by molar-refractivity contribution is 5.97. The SMILES string of the molecule is CC(C)(O)[C@H]1CC[C@H](NC(=O)c2cnc3cc(N4CCCC4)c(F)cc3c2)CC1. The molecule has 2 fully saturated rings. The molecule has 0 unspecified atom stereocenters. The number of pyridine rings is 1. The van der Waals surface area contributed by atoms with E-state index >= 15 is 0 Å². The summed E-state index contributed by atoms with van der Waals surface area (Å²) in [4.78, 5) is 19.2. The zero-order valence-electron chi connectivity index (χ0n) is 17.2. The monoisotopic (exact) mass is 399 g/mol. The number of amides is 1. The van der Waals surface area contributed by atoms with E-state index in [0.717, 1.165) is 51.6 Å². The largest absolute Gasteiger partial charge is 0.390 e. The molecule has 2 aliphatic rings. The third-order valence-electron chi connectivity index (χ3n) is 6.52. The quantitative estimate of drug-likeness (QED) is 0.815. The average molecular weight is 400 g/mol. The molecule has 0 radical (unpaired) electrons. The van der Waals surface area contributed by atoms with E-state index in [0.29, 0.717) is 22.2 Å². The highest BCUT2D eigenvalue weighted by Crippen LogP contribution is 2.33. The van der Waals surface area contributed by atoms with Gasteiger partial charge in [0.15, 0.2) is 0 Å². The third kappa shape index (κ3) is 4.37. The van der Waals surface area contributed by atoms with Crippen LogP contribution in [0, 0.1) is 11.7 Å². The van der Waals surface area contributed by atoms with Crippen molar-refractivity contribution < 1.29 is 14.3 Å². The van der Waals surface area contributed by atoms with Crippen molar-refractivity contribution in [1.82, 2.24) is 10.3 Å². The minimum absolute atomic E-state index is 0.103. The summed E-state index contributed by atoms with van der Waals surface area (Å²) < 4.78 is 14.6. The number of rotatable bonds is 4. The minimum Gasteiger partial charge on any atom is -0.390 e. The number of hydrogen-bond donors (Lipinski definition) is 2. The van der Waals surface area contributed by atoms with E-state index < -0.39 is 5.60 Å². The lowest BCUT2D eigenvalue weighted by molar-refractivity contribution is -0.00257. The van der Waals surface area contributed by atoms with Crippen LogP contribution in [-0.2, 0) is 0 Å². The molecule has 2 heterocycles. The second-order valence-corrected chi connectivity index (χ2v) is 9.09. The van der Waals surface area contributed by atoms with Crippen LogP contribution in [0.15, 0.2) is 24.4 Å². The highest BCUT2D eigenvalue weighted by atomic mass is 19.1. The van der Waals surface area contributed by atoms with Crippen molar-refractivity contribution in [2.75, 3.05) is 18.0 Å². The first-order valence-electron chi connectivity index (χ1n) is 10.7. The van der Waals surface area contributed by atoms with Gasteiger partial charge in [0.05, 0.1) is 22.4 Å². The van der Waals surface area contributed by atoms with Gasteiger partial charge in [-0.1, -0.05) is 0 Å². The standard InChI is InChI=1S/C23H30FN3O2/c1-23(2,29)17-5-7-18(8-6-17)26-22(28)16-11-15-12-19(24)21(13-20(15)25-14-16)27-9-3-4-10-27/h11-14,17-18,29H,3-10H2,1-2H3,(H,26,28)/t17-,18-. The van der Waals surface area contributed by atoms with Gasteiger partial charge < -0.3 is 15.3 Å². The van der Waals surface area contributed by atoms with Crippen molar-refractivity contribution >= 4 is 22.5 Å². The first kappa shape index (κ1) is 20.1. The zero-order chi connectivity index (χ0) is 20.6. The molecule has 29 heavy (non-hydrogen) atoms. The molecule has 2 aromatic rings. The number of aromatic nitrogens is 1. The molecule has 1 aromatic carbocycles. The number of nitrogens with zero attached hydrogens (tertiary/aromatic N) is 2. The first-order chi connectivity index (χ1) is 13.8. The molecule has 2 N–H and O–H groups in total. The van der Waals surface area contributed by atoms with E-state index in [1.165, 1.54) is 6.07 Å². The summed E-state index contributed by atoms with van der Waals surface area (Å²) in [6.07, 6.45) is 7.25. The van der Waals surface area contributed by atoms with Crippen molar-refractivity contribution in [2.45, 2.75) is 64.0 Å².